The van der Waals surface area contributed by atoms with Crippen molar-refractivity contribution in [3.8, 4) is 11.4 Å². The van der Waals surface area contributed by atoms with Gasteiger partial charge >= 0.3 is 11.9 Å². The lowest BCUT2D eigenvalue weighted by atomic mass is 10.2. The van der Waals surface area contributed by atoms with Gasteiger partial charge < -0.3 is 9.47 Å². The molecule has 0 saturated heterocycles. The summed E-state index contributed by atoms with van der Waals surface area (Å²) in [6.45, 7) is -0.625. The number of aromatic nitrogens is 2. The average molecular weight is 465 g/mol. The number of amides is 1. The number of ether oxygens (including phenoxy) is 2. The van der Waals surface area contributed by atoms with E-state index in [2.05, 4.69) is 5.10 Å². The Morgan fingerprint density at radius 3 is 2.48 bits per heavy atom. The zero-order chi connectivity index (χ0) is 23.1. The van der Waals surface area contributed by atoms with E-state index in [-0.39, 0.29) is 45.1 Å². The highest BCUT2D eigenvalue weighted by molar-refractivity contribution is 6.32. The van der Waals surface area contributed by atoms with Crippen LogP contribution in [0.4, 0.5) is 17.6 Å². The molecule has 0 aliphatic carbocycles. The molecule has 3 rings (SSSR count). The van der Waals surface area contributed by atoms with Gasteiger partial charge in [0, 0.05) is 26.2 Å². The Morgan fingerprint density at radius 2 is 1.87 bits per heavy atom. The third kappa shape index (κ3) is 4.40. The second-order valence-corrected chi connectivity index (χ2v) is 6.67. The molecule has 14 heteroatoms. The number of alkyl halides is 3. The van der Waals surface area contributed by atoms with Gasteiger partial charge in [0.25, 0.3) is 11.5 Å². The van der Waals surface area contributed by atoms with Crippen LogP contribution in [0.1, 0.15) is 5.69 Å². The van der Waals surface area contributed by atoms with Crippen LogP contribution in [0.5, 0.6) is 5.75 Å². The molecule has 0 saturated carbocycles. The van der Waals surface area contributed by atoms with Gasteiger partial charge in [0.15, 0.2) is 13.2 Å². The lowest BCUT2D eigenvalue weighted by molar-refractivity contribution is -0.144. The highest BCUT2D eigenvalue weighted by Crippen LogP contribution is 2.30. The van der Waals surface area contributed by atoms with Crippen molar-refractivity contribution in [1.29, 1.82) is 0 Å². The van der Waals surface area contributed by atoms with E-state index in [1.54, 1.807) is 0 Å². The molecule has 166 valence electrons. The molecule has 0 atom stereocenters. The number of carbonyl (C=O) groups excluding carboxylic acids is 1. The van der Waals surface area contributed by atoms with Crippen molar-refractivity contribution in [3.63, 3.8) is 0 Å². The number of carbonyl (C=O) groups is 1. The van der Waals surface area contributed by atoms with E-state index >= 15 is 0 Å². The fraction of sp³-hybridized carbons (Fsp3) is 0.294. The minimum absolute atomic E-state index is 0.00773. The van der Waals surface area contributed by atoms with Crippen molar-refractivity contribution in [2.45, 2.75) is 6.18 Å². The van der Waals surface area contributed by atoms with E-state index in [0.29, 0.717) is 0 Å². The maximum atomic E-state index is 14.5. The van der Waals surface area contributed by atoms with Gasteiger partial charge in [0.2, 0.25) is 5.90 Å². The number of likely N-dealkylation sites (N-methyl/N-ethyl adjacent to an activating group) is 1. The van der Waals surface area contributed by atoms with Crippen molar-refractivity contribution < 1.29 is 31.8 Å². The standard InChI is InChI=1S/C17H13ClF4N4O5/c1-24-12(17(20,21)22)5-14(27)26(16(24)29)10-4-11(8(18)3-9(10)19)30-6-13-23-25(2)15(28)7-31-13/h3-5H,6-7H2,1-2H3. The van der Waals surface area contributed by atoms with Crippen LogP contribution in [-0.2, 0) is 22.8 Å². The molecular weight excluding hydrogens is 452 g/mol. The van der Waals surface area contributed by atoms with E-state index in [9.17, 15) is 31.9 Å². The van der Waals surface area contributed by atoms with Crippen molar-refractivity contribution in [1.82, 2.24) is 14.1 Å². The van der Waals surface area contributed by atoms with Gasteiger partial charge in [-0.25, -0.2) is 18.8 Å². The van der Waals surface area contributed by atoms with Crippen LogP contribution in [0.15, 0.2) is 32.9 Å². The Morgan fingerprint density at radius 1 is 1.19 bits per heavy atom. The molecule has 1 amide bonds. The molecule has 0 bridgehead atoms. The summed E-state index contributed by atoms with van der Waals surface area (Å²) in [4.78, 5) is 35.9. The highest BCUT2D eigenvalue weighted by atomic mass is 35.5. The van der Waals surface area contributed by atoms with Crippen LogP contribution in [-0.4, -0.2) is 46.2 Å². The molecule has 1 aliphatic heterocycles. The number of hydrazone groups is 1. The quantitative estimate of drug-likeness (QED) is 0.640. The third-order valence-corrected chi connectivity index (χ3v) is 4.48. The fourth-order valence-corrected chi connectivity index (χ4v) is 2.83. The third-order valence-electron chi connectivity index (χ3n) is 4.19. The lowest BCUT2D eigenvalue weighted by Gasteiger charge is -2.20. The summed E-state index contributed by atoms with van der Waals surface area (Å²) in [6.07, 6.45) is -4.96. The largest absolute Gasteiger partial charge is 0.482 e. The van der Waals surface area contributed by atoms with Crippen LogP contribution in [0.25, 0.3) is 5.69 Å². The van der Waals surface area contributed by atoms with Gasteiger partial charge in [-0.15, -0.1) is 5.10 Å². The van der Waals surface area contributed by atoms with Crippen LogP contribution in [0.2, 0.25) is 5.02 Å². The first-order valence-electron chi connectivity index (χ1n) is 8.39. The van der Waals surface area contributed by atoms with Gasteiger partial charge in [-0.05, 0) is 6.07 Å². The molecule has 9 nitrogen and oxygen atoms in total. The monoisotopic (exact) mass is 464 g/mol. The van der Waals surface area contributed by atoms with Crippen molar-refractivity contribution >= 4 is 23.4 Å². The van der Waals surface area contributed by atoms with Gasteiger partial charge in [-0.1, -0.05) is 11.6 Å². The Bertz CT molecular complexity index is 1200. The van der Waals surface area contributed by atoms with E-state index in [1.165, 1.54) is 7.05 Å². The zero-order valence-electron chi connectivity index (χ0n) is 15.9. The van der Waals surface area contributed by atoms with Gasteiger partial charge in [-0.2, -0.15) is 13.2 Å². The maximum Gasteiger partial charge on any atom is 0.431 e. The summed E-state index contributed by atoms with van der Waals surface area (Å²) in [5.74, 6) is -1.76. The molecular formula is C17H13ClF4N4O5. The van der Waals surface area contributed by atoms with Crippen molar-refractivity contribution in [2.24, 2.45) is 12.1 Å². The van der Waals surface area contributed by atoms with Crippen LogP contribution >= 0.6 is 11.6 Å². The van der Waals surface area contributed by atoms with Crippen LogP contribution in [0, 0.1) is 5.82 Å². The summed E-state index contributed by atoms with van der Waals surface area (Å²) in [6, 6.07) is 1.79. The topological polar surface area (TPSA) is 95.1 Å². The number of rotatable bonds is 4. The summed E-state index contributed by atoms with van der Waals surface area (Å²) in [7, 11) is 2.18. The highest BCUT2D eigenvalue weighted by Gasteiger charge is 2.35. The Kier molecular flexibility index (Phi) is 5.81. The van der Waals surface area contributed by atoms with Gasteiger partial charge in [-0.3, -0.25) is 14.2 Å². The first kappa shape index (κ1) is 22.3. The molecule has 1 aliphatic rings. The van der Waals surface area contributed by atoms with E-state index in [1.807, 2.05) is 0 Å². The van der Waals surface area contributed by atoms with Gasteiger partial charge in [0.05, 0.1) is 10.7 Å². The molecule has 2 heterocycles. The molecule has 0 N–H and O–H groups in total. The predicted molar refractivity (Wildman–Crippen MR) is 98.9 cm³/mol. The second-order valence-electron chi connectivity index (χ2n) is 6.27. The number of nitrogens with zero attached hydrogens (tertiary/aromatic N) is 4. The van der Waals surface area contributed by atoms with Crippen LogP contribution in [0.3, 0.4) is 0 Å². The van der Waals surface area contributed by atoms with E-state index < -0.39 is 40.5 Å². The molecule has 0 spiro atoms. The molecule has 2 aromatic rings. The number of hydrogen-bond acceptors (Lipinski definition) is 6. The number of halogens is 5. The van der Waals surface area contributed by atoms with E-state index in [4.69, 9.17) is 21.1 Å². The summed E-state index contributed by atoms with van der Waals surface area (Å²) in [5, 5.41) is 4.57. The normalized spacial score (nSPS) is 14.4. The molecule has 0 unspecified atom stereocenters. The smallest absolute Gasteiger partial charge is 0.431 e. The molecule has 0 radical (unpaired) electrons. The first-order valence-corrected chi connectivity index (χ1v) is 8.77. The Balaban J connectivity index is 2.02. The maximum absolute atomic E-state index is 14.5. The minimum Gasteiger partial charge on any atom is -0.482 e. The van der Waals surface area contributed by atoms with Crippen molar-refractivity contribution in [3.05, 3.63) is 55.6 Å². The SMILES string of the molecule is CN1N=C(COc2cc(-n3c(=O)cc(C(F)(F)F)n(C)c3=O)c(F)cc2Cl)OCC1=O. The minimum atomic E-state index is -4.96. The Labute approximate surface area is 175 Å². The number of benzene rings is 1. The van der Waals surface area contributed by atoms with Crippen LogP contribution < -0.4 is 16.0 Å². The predicted octanol–water partition coefficient (Wildman–Crippen LogP) is 1.53. The average Bonchev–Trinajstić information content (AvgIpc) is 2.67. The molecule has 0 fully saturated rings. The first-order chi connectivity index (χ1) is 14.4. The lowest BCUT2D eigenvalue weighted by Crippen LogP contribution is -2.41. The zero-order valence-corrected chi connectivity index (χ0v) is 16.6. The Hall–Kier alpha value is -3.35. The summed E-state index contributed by atoms with van der Waals surface area (Å²) < 4.78 is 64.3. The second kappa shape index (κ2) is 8.06. The molecule has 1 aromatic heterocycles. The summed E-state index contributed by atoms with van der Waals surface area (Å²) >= 11 is 5.92. The van der Waals surface area contributed by atoms with Crippen molar-refractivity contribution in [2.75, 3.05) is 20.3 Å². The molecule has 1 aromatic carbocycles. The molecule has 31 heavy (non-hydrogen) atoms. The number of hydrogen-bond donors (Lipinski definition) is 0. The van der Waals surface area contributed by atoms with E-state index in [0.717, 1.165) is 24.2 Å². The fourth-order valence-electron chi connectivity index (χ4n) is 2.62. The van der Waals surface area contributed by atoms with Gasteiger partial charge in [0.1, 0.15) is 17.3 Å². The summed E-state index contributed by atoms with van der Waals surface area (Å²) in [5.41, 5.74) is -4.98.